The lowest BCUT2D eigenvalue weighted by molar-refractivity contribution is -0.154. The summed E-state index contributed by atoms with van der Waals surface area (Å²) in [7, 11) is 1.51. The lowest BCUT2D eigenvalue weighted by atomic mass is 9.82. The molecule has 3 N–H and O–H groups in total. The first-order valence-electron chi connectivity index (χ1n) is 9.72. The van der Waals surface area contributed by atoms with Gasteiger partial charge in [0.15, 0.2) is 6.61 Å². The zero-order valence-electron chi connectivity index (χ0n) is 16.4. The van der Waals surface area contributed by atoms with Crippen LogP contribution in [-0.2, 0) is 19.1 Å². The summed E-state index contributed by atoms with van der Waals surface area (Å²) < 4.78 is 5.21. The van der Waals surface area contributed by atoms with E-state index < -0.39 is 17.9 Å². The molecule has 0 aromatic heterocycles. The molecule has 1 aromatic carbocycles. The normalized spacial score (nSPS) is 23.6. The SMILES string of the molecule is Cc1ccc(NC(=O)CN(C)C(=O)COC(=O)C2NNC3CCCCC32)cc1. The highest BCUT2D eigenvalue weighted by atomic mass is 16.5. The minimum Gasteiger partial charge on any atom is -0.454 e. The molecule has 8 nitrogen and oxygen atoms in total. The molecule has 2 aliphatic rings. The van der Waals surface area contributed by atoms with E-state index in [9.17, 15) is 14.4 Å². The van der Waals surface area contributed by atoms with Crippen LogP contribution in [0.15, 0.2) is 24.3 Å². The Morgan fingerprint density at radius 1 is 1.14 bits per heavy atom. The van der Waals surface area contributed by atoms with Crippen LogP contribution in [0.25, 0.3) is 0 Å². The van der Waals surface area contributed by atoms with Gasteiger partial charge in [-0.05, 0) is 31.9 Å². The number of amides is 2. The van der Waals surface area contributed by atoms with Gasteiger partial charge >= 0.3 is 5.97 Å². The number of esters is 1. The molecule has 8 heteroatoms. The number of nitrogens with one attached hydrogen (secondary N) is 3. The van der Waals surface area contributed by atoms with Gasteiger partial charge in [0.1, 0.15) is 6.04 Å². The van der Waals surface area contributed by atoms with E-state index in [1.54, 1.807) is 12.1 Å². The average Bonchev–Trinajstić information content (AvgIpc) is 3.11. The summed E-state index contributed by atoms with van der Waals surface area (Å²) in [6.07, 6.45) is 4.27. The lowest BCUT2D eigenvalue weighted by Crippen LogP contribution is -2.42. The van der Waals surface area contributed by atoms with E-state index in [2.05, 4.69) is 16.2 Å². The first-order valence-corrected chi connectivity index (χ1v) is 9.72. The maximum absolute atomic E-state index is 12.3. The fourth-order valence-corrected chi connectivity index (χ4v) is 3.75. The molecule has 0 bridgehead atoms. The summed E-state index contributed by atoms with van der Waals surface area (Å²) in [5.74, 6) is -0.946. The average molecular weight is 388 g/mol. The van der Waals surface area contributed by atoms with E-state index in [1.165, 1.54) is 11.9 Å². The molecule has 28 heavy (non-hydrogen) atoms. The van der Waals surface area contributed by atoms with Crippen molar-refractivity contribution in [3.8, 4) is 0 Å². The third-order valence-electron chi connectivity index (χ3n) is 5.41. The topological polar surface area (TPSA) is 99.8 Å². The minimum atomic E-state index is -0.423. The number of hydrazine groups is 1. The van der Waals surface area contributed by atoms with Crippen molar-refractivity contribution < 1.29 is 19.1 Å². The van der Waals surface area contributed by atoms with Crippen LogP contribution in [0.5, 0.6) is 0 Å². The van der Waals surface area contributed by atoms with Crippen molar-refractivity contribution in [2.24, 2.45) is 5.92 Å². The highest BCUT2D eigenvalue weighted by Gasteiger charge is 2.42. The van der Waals surface area contributed by atoms with E-state index in [-0.39, 0.29) is 31.0 Å². The van der Waals surface area contributed by atoms with Crippen LogP contribution in [0, 0.1) is 12.8 Å². The molecule has 0 radical (unpaired) electrons. The van der Waals surface area contributed by atoms with E-state index in [0.717, 1.165) is 31.2 Å². The molecular formula is C20H28N4O4. The van der Waals surface area contributed by atoms with E-state index in [1.807, 2.05) is 19.1 Å². The van der Waals surface area contributed by atoms with Crippen molar-refractivity contribution in [3.63, 3.8) is 0 Å². The van der Waals surface area contributed by atoms with Crippen molar-refractivity contribution in [1.29, 1.82) is 0 Å². The number of fused-ring (bicyclic) bond motifs is 1. The van der Waals surface area contributed by atoms with E-state index >= 15 is 0 Å². The van der Waals surface area contributed by atoms with Crippen LogP contribution in [0.1, 0.15) is 31.2 Å². The predicted molar refractivity (Wildman–Crippen MR) is 104 cm³/mol. The summed E-state index contributed by atoms with van der Waals surface area (Å²) >= 11 is 0. The zero-order chi connectivity index (χ0) is 20.1. The summed E-state index contributed by atoms with van der Waals surface area (Å²) in [6, 6.07) is 7.26. The quantitative estimate of drug-likeness (QED) is 0.628. The first kappa shape index (κ1) is 20.3. The number of rotatable bonds is 6. The van der Waals surface area contributed by atoms with Crippen molar-refractivity contribution >= 4 is 23.5 Å². The highest BCUT2D eigenvalue weighted by molar-refractivity contribution is 5.94. The largest absolute Gasteiger partial charge is 0.454 e. The number of hydrogen-bond donors (Lipinski definition) is 3. The molecule has 3 rings (SSSR count). The molecule has 1 saturated heterocycles. The van der Waals surface area contributed by atoms with Gasteiger partial charge in [0.25, 0.3) is 5.91 Å². The van der Waals surface area contributed by atoms with Gasteiger partial charge in [0.05, 0.1) is 6.54 Å². The zero-order valence-corrected chi connectivity index (χ0v) is 16.4. The second-order valence-electron chi connectivity index (χ2n) is 7.59. The molecular weight excluding hydrogens is 360 g/mol. The number of ether oxygens (including phenoxy) is 1. The van der Waals surface area contributed by atoms with Crippen LogP contribution >= 0.6 is 0 Å². The molecule has 1 aliphatic carbocycles. The molecule has 1 saturated carbocycles. The monoisotopic (exact) mass is 388 g/mol. The number of hydrogen-bond acceptors (Lipinski definition) is 6. The number of nitrogens with zero attached hydrogens (tertiary/aromatic N) is 1. The van der Waals surface area contributed by atoms with E-state index in [4.69, 9.17) is 4.74 Å². The Hall–Kier alpha value is -2.45. The maximum Gasteiger partial charge on any atom is 0.325 e. The Balaban J connectivity index is 1.41. The second-order valence-corrected chi connectivity index (χ2v) is 7.59. The summed E-state index contributed by atoms with van der Waals surface area (Å²) in [4.78, 5) is 37.9. The van der Waals surface area contributed by atoms with Gasteiger partial charge in [-0.15, -0.1) is 0 Å². The third-order valence-corrected chi connectivity index (χ3v) is 5.41. The van der Waals surface area contributed by atoms with Gasteiger partial charge in [0.2, 0.25) is 5.91 Å². The Morgan fingerprint density at radius 3 is 2.61 bits per heavy atom. The Labute approximate surface area is 165 Å². The van der Waals surface area contributed by atoms with Crippen LogP contribution in [0.4, 0.5) is 5.69 Å². The minimum absolute atomic E-state index is 0.113. The molecule has 1 aliphatic heterocycles. The molecule has 2 fully saturated rings. The molecule has 3 atom stereocenters. The molecule has 2 amide bonds. The number of benzene rings is 1. The van der Waals surface area contributed by atoms with Crippen LogP contribution < -0.4 is 16.2 Å². The molecule has 152 valence electrons. The maximum atomic E-state index is 12.3. The van der Waals surface area contributed by atoms with Crippen molar-refractivity contribution in [2.45, 2.75) is 44.7 Å². The van der Waals surface area contributed by atoms with Crippen molar-refractivity contribution in [2.75, 3.05) is 25.5 Å². The number of aryl methyl sites for hydroxylation is 1. The number of likely N-dealkylation sites (N-methyl/N-ethyl adjacent to an activating group) is 1. The predicted octanol–water partition coefficient (Wildman–Crippen LogP) is 0.970. The van der Waals surface area contributed by atoms with Gasteiger partial charge in [-0.2, -0.15) is 0 Å². The fraction of sp³-hybridized carbons (Fsp3) is 0.550. The lowest BCUT2D eigenvalue weighted by Gasteiger charge is -2.26. The van der Waals surface area contributed by atoms with Gasteiger partial charge < -0.3 is 15.0 Å². The van der Waals surface area contributed by atoms with E-state index in [0.29, 0.717) is 5.69 Å². The summed E-state index contributed by atoms with van der Waals surface area (Å²) in [5, 5.41) is 2.74. The molecule has 0 spiro atoms. The van der Waals surface area contributed by atoms with Crippen LogP contribution in [-0.4, -0.2) is 55.0 Å². The fourth-order valence-electron chi connectivity index (χ4n) is 3.75. The van der Waals surface area contributed by atoms with Crippen LogP contribution in [0.3, 0.4) is 0 Å². The summed E-state index contributed by atoms with van der Waals surface area (Å²) in [6.45, 7) is 1.48. The highest BCUT2D eigenvalue weighted by Crippen LogP contribution is 2.30. The molecule has 1 heterocycles. The van der Waals surface area contributed by atoms with Crippen molar-refractivity contribution in [3.05, 3.63) is 29.8 Å². The number of anilines is 1. The van der Waals surface area contributed by atoms with Crippen molar-refractivity contribution in [1.82, 2.24) is 15.8 Å². The molecule has 3 unspecified atom stereocenters. The number of carbonyl (C=O) groups excluding carboxylic acids is 3. The number of carbonyl (C=O) groups is 3. The van der Waals surface area contributed by atoms with Crippen LogP contribution in [0.2, 0.25) is 0 Å². The standard InChI is InChI=1S/C20H28N4O4/c1-13-7-9-14(10-8-13)21-17(25)11-24(2)18(26)12-28-20(27)19-15-5-3-4-6-16(15)22-23-19/h7-10,15-16,19,22-23H,3-6,11-12H2,1-2H3,(H,21,25). The summed E-state index contributed by atoms with van der Waals surface area (Å²) in [5.41, 5.74) is 7.92. The Bertz CT molecular complexity index is 721. The van der Waals surface area contributed by atoms with Gasteiger partial charge in [-0.1, -0.05) is 30.5 Å². The van der Waals surface area contributed by atoms with Gasteiger partial charge in [0, 0.05) is 24.7 Å². The third kappa shape index (κ3) is 5.08. The Kier molecular flexibility index (Phi) is 6.64. The Morgan fingerprint density at radius 2 is 1.86 bits per heavy atom. The molecule has 1 aromatic rings. The van der Waals surface area contributed by atoms with Gasteiger partial charge in [-0.25, -0.2) is 5.43 Å². The smallest absolute Gasteiger partial charge is 0.325 e. The second kappa shape index (κ2) is 9.16. The van der Waals surface area contributed by atoms with Gasteiger partial charge in [-0.3, -0.25) is 19.8 Å². The first-order chi connectivity index (χ1) is 13.4.